The molecule has 1 aromatic carbocycles. The molecule has 0 saturated heterocycles. The highest BCUT2D eigenvalue weighted by Crippen LogP contribution is 2.22. The van der Waals surface area contributed by atoms with Crippen molar-refractivity contribution < 1.29 is 13.2 Å². The van der Waals surface area contributed by atoms with Gasteiger partial charge in [0.25, 0.3) is 0 Å². The van der Waals surface area contributed by atoms with E-state index in [4.69, 9.17) is 5.73 Å². The van der Waals surface area contributed by atoms with Crippen molar-refractivity contribution in [1.82, 2.24) is 0 Å². The Morgan fingerprint density at radius 2 is 1.65 bits per heavy atom. The molecule has 96 valence electrons. The Balaban J connectivity index is 2.42. The van der Waals surface area contributed by atoms with Gasteiger partial charge in [0.1, 0.15) is 0 Å². The third-order valence-corrected chi connectivity index (χ3v) is 2.73. The van der Waals surface area contributed by atoms with Gasteiger partial charge >= 0.3 is 6.18 Å². The zero-order chi connectivity index (χ0) is 12.9. The first-order valence-corrected chi connectivity index (χ1v) is 5.81. The summed E-state index contributed by atoms with van der Waals surface area (Å²) < 4.78 is 36.0. The van der Waals surface area contributed by atoms with Crippen molar-refractivity contribution in [2.75, 3.05) is 0 Å². The van der Waals surface area contributed by atoms with E-state index in [0.717, 1.165) is 12.0 Å². The smallest absolute Gasteiger partial charge is 0.327 e. The van der Waals surface area contributed by atoms with E-state index in [9.17, 15) is 13.2 Å². The summed E-state index contributed by atoms with van der Waals surface area (Å²) in [6.07, 6.45) is -3.47. The quantitative estimate of drug-likeness (QED) is 0.844. The average molecular weight is 245 g/mol. The molecule has 0 saturated carbocycles. The summed E-state index contributed by atoms with van der Waals surface area (Å²) in [6.45, 7) is 2.06. The van der Waals surface area contributed by atoms with Crippen molar-refractivity contribution in [3.8, 4) is 0 Å². The lowest BCUT2D eigenvalue weighted by Gasteiger charge is -2.13. The molecule has 0 fully saturated rings. The summed E-state index contributed by atoms with van der Waals surface area (Å²) in [5.74, 6) is 0. The molecular weight excluding hydrogens is 227 g/mol. The minimum Gasteiger partial charge on any atom is -0.327 e. The Kier molecular flexibility index (Phi) is 5.00. The molecule has 0 bridgehead atoms. The van der Waals surface area contributed by atoms with E-state index in [0.29, 0.717) is 6.42 Å². The van der Waals surface area contributed by atoms with Crippen LogP contribution in [-0.4, -0.2) is 12.2 Å². The highest BCUT2D eigenvalue weighted by molar-refractivity contribution is 5.23. The van der Waals surface area contributed by atoms with Crippen molar-refractivity contribution >= 4 is 0 Å². The van der Waals surface area contributed by atoms with Crippen molar-refractivity contribution in [3.05, 3.63) is 35.4 Å². The zero-order valence-electron chi connectivity index (χ0n) is 9.93. The van der Waals surface area contributed by atoms with Gasteiger partial charge in [0, 0.05) is 12.5 Å². The third kappa shape index (κ3) is 5.73. The van der Waals surface area contributed by atoms with Crippen molar-refractivity contribution in [2.24, 2.45) is 5.73 Å². The van der Waals surface area contributed by atoms with Gasteiger partial charge in [0.05, 0.1) is 0 Å². The molecule has 1 atom stereocenters. The second kappa shape index (κ2) is 6.05. The highest BCUT2D eigenvalue weighted by atomic mass is 19.4. The Labute approximate surface area is 99.8 Å². The first-order valence-electron chi connectivity index (χ1n) is 5.81. The maximum atomic E-state index is 12.0. The van der Waals surface area contributed by atoms with Crippen molar-refractivity contribution in [3.63, 3.8) is 0 Å². The number of hydrogen-bond donors (Lipinski definition) is 1. The summed E-state index contributed by atoms with van der Waals surface area (Å²) in [4.78, 5) is 0. The predicted octanol–water partition coefficient (Wildman–Crippen LogP) is 3.46. The van der Waals surface area contributed by atoms with Gasteiger partial charge in [-0.2, -0.15) is 13.2 Å². The molecule has 0 aliphatic heterocycles. The fourth-order valence-corrected chi connectivity index (χ4v) is 1.66. The Morgan fingerprint density at radius 1 is 1.12 bits per heavy atom. The summed E-state index contributed by atoms with van der Waals surface area (Å²) >= 11 is 0. The van der Waals surface area contributed by atoms with Crippen molar-refractivity contribution in [1.29, 1.82) is 0 Å². The number of halogens is 3. The maximum absolute atomic E-state index is 12.0. The molecule has 1 nitrogen and oxygen atoms in total. The van der Waals surface area contributed by atoms with Crippen LogP contribution in [-0.2, 0) is 12.8 Å². The predicted molar refractivity (Wildman–Crippen MR) is 62.8 cm³/mol. The molecule has 1 unspecified atom stereocenters. The monoisotopic (exact) mass is 245 g/mol. The number of benzene rings is 1. The molecule has 4 heteroatoms. The van der Waals surface area contributed by atoms with Gasteiger partial charge in [-0.1, -0.05) is 31.2 Å². The van der Waals surface area contributed by atoms with E-state index in [2.05, 4.69) is 6.92 Å². The fourth-order valence-electron chi connectivity index (χ4n) is 1.66. The lowest BCUT2D eigenvalue weighted by Crippen LogP contribution is -2.25. The second-order valence-corrected chi connectivity index (χ2v) is 4.29. The lowest BCUT2D eigenvalue weighted by atomic mass is 10.0. The molecule has 0 aromatic heterocycles. The van der Waals surface area contributed by atoms with Gasteiger partial charge in [-0.05, 0) is 30.4 Å². The summed E-state index contributed by atoms with van der Waals surface area (Å²) in [5, 5.41) is 0. The number of nitrogens with two attached hydrogens (primary N) is 1. The SMILES string of the molecule is CCc1ccc(CC(N)CCC(F)(F)F)cc1. The number of hydrogen-bond acceptors (Lipinski definition) is 1. The second-order valence-electron chi connectivity index (χ2n) is 4.29. The lowest BCUT2D eigenvalue weighted by molar-refractivity contribution is -0.136. The fraction of sp³-hybridized carbons (Fsp3) is 0.538. The average Bonchev–Trinajstić information content (AvgIpc) is 2.27. The summed E-state index contributed by atoms with van der Waals surface area (Å²) in [6, 6.07) is 7.43. The largest absolute Gasteiger partial charge is 0.389 e. The Bertz CT molecular complexity index is 330. The highest BCUT2D eigenvalue weighted by Gasteiger charge is 2.27. The molecule has 0 spiro atoms. The summed E-state index contributed by atoms with van der Waals surface area (Å²) in [7, 11) is 0. The van der Waals surface area contributed by atoms with Gasteiger partial charge in [0.2, 0.25) is 0 Å². The molecule has 0 heterocycles. The maximum Gasteiger partial charge on any atom is 0.389 e. The van der Waals surface area contributed by atoms with Gasteiger partial charge in [0.15, 0.2) is 0 Å². The van der Waals surface area contributed by atoms with E-state index < -0.39 is 18.6 Å². The first kappa shape index (κ1) is 14.0. The van der Waals surface area contributed by atoms with Crippen LogP contribution < -0.4 is 5.73 Å². The van der Waals surface area contributed by atoms with Crippen LogP contribution in [0.4, 0.5) is 13.2 Å². The van der Waals surface area contributed by atoms with Gasteiger partial charge in [-0.3, -0.25) is 0 Å². The first-order chi connectivity index (χ1) is 7.90. The molecular formula is C13H18F3N. The Morgan fingerprint density at radius 3 is 2.12 bits per heavy atom. The van der Waals surface area contributed by atoms with Crippen LogP contribution in [0.15, 0.2) is 24.3 Å². The normalized spacial score (nSPS) is 13.7. The van der Waals surface area contributed by atoms with E-state index in [1.807, 2.05) is 24.3 Å². The summed E-state index contributed by atoms with van der Waals surface area (Å²) in [5.41, 5.74) is 7.90. The van der Waals surface area contributed by atoms with Crippen molar-refractivity contribution in [2.45, 2.75) is 44.8 Å². The van der Waals surface area contributed by atoms with E-state index in [1.54, 1.807) is 0 Å². The molecule has 1 aromatic rings. The van der Waals surface area contributed by atoms with Crippen LogP contribution >= 0.6 is 0 Å². The molecule has 17 heavy (non-hydrogen) atoms. The minimum atomic E-state index is -4.11. The van der Waals surface area contributed by atoms with Gasteiger partial charge in [-0.15, -0.1) is 0 Å². The van der Waals surface area contributed by atoms with Crippen LogP contribution in [0.1, 0.15) is 30.9 Å². The zero-order valence-corrected chi connectivity index (χ0v) is 9.93. The molecule has 0 aliphatic rings. The van der Waals surface area contributed by atoms with Gasteiger partial charge < -0.3 is 5.73 Å². The van der Waals surface area contributed by atoms with Crippen LogP contribution in [0.5, 0.6) is 0 Å². The van der Waals surface area contributed by atoms with E-state index in [-0.39, 0.29) is 6.42 Å². The molecule has 0 aliphatic carbocycles. The molecule has 0 radical (unpaired) electrons. The van der Waals surface area contributed by atoms with E-state index in [1.165, 1.54) is 5.56 Å². The number of rotatable bonds is 5. The third-order valence-electron chi connectivity index (χ3n) is 2.73. The molecule has 1 rings (SSSR count). The van der Waals surface area contributed by atoms with Crippen LogP contribution in [0.2, 0.25) is 0 Å². The minimum absolute atomic E-state index is 0.0149. The van der Waals surface area contributed by atoms with Crippen LogP contribution in [0.3, 0.4) is 0 Å². The standard InChI is InChI=1S/C13H18F3N/c1-2-10-3-5-11(6-4-10)9-12(17)7-8-13(14,15)16/h3-6,12H,2,7-9,17H2,1H3. The van der Waals surface area contributed by atoms with Crippen LogP contribution in [0.25, 0.3) is 0 Å². The van der Waals surface area contributed by atoms with Crippen LogP contribution in [0, 0.1) is 0 Å². The van der Waals surface area contributed by atoms with E-state index >= 15 is 0 Å². The molecule has 2 N–H and O–H groups in total. The topological polar surface area (TPSA) is 26.0 Å². The number of alkyl halides is 3. The number of aryl methyl sites for hydroxylation is 1. The Hall–Kier alpha value is -1.03. The van der Waals surface area contributed by atoms with Gasteiger partial charge in [-0.25, -0.2) is 0 Å². The molecule has 0 amide bonds.